The predicted octanol–water partition coefficient (Wildman–Crippen LogP) is 0.0142. The summed E-state index contributed by atoms with van der Waals surface area (Å²) < 4.78 is 1.28. The lowest BCUT2D eigenvalue weighted by atomic mass is 9.88. The number of likely N-dealkylation sites (tertiary alicyclic amines) is 1. The zero-order valence-electron chi connectivity index (χ0n) is 19.1. The lowest BCUT2D eigenvalue weighted by molar-refractivity contribution is -0.139. The molecule has 0 unspecified atom stereocenters. The normalized spacial score (nSPS) is 26.8. The summed E-state index contributed by atoms with van der Waals surface area (Å²) in [6.07, 6.45) is 5.29. The molecule has 1 aliphatic carbocycles. The molecule has 3 aliphatic rings. The maximum Gasteiger partial charge on any atom is 0.328 e. The molecule has 0 bridgehead atoms. The number of hydrogen-bond donors (Lipinski definition) is 3. The molecule has 1 spiro atoms. The van der Waals surface area contributed by atoms with Gasteiger partial charge in [0.25, 0.3) is 11.5 Å². The summed E-state index contributed by atoms with van der Waals surface area (Å²) >= 11 is 0. The number of aromatic amines is 1. The first kappa shape index (κ1) is 23.2. The Balaban J connectivity index is 1.38. The van der Waals surface area contributed by atoms with Crippen molar-refractivity contribution in [1.82, 2.24) is 24.7 Å². The van der Waals surface area contributed by atoms with E-state index < -0.39 is 34.5 Å². The van der Waals surface area contributed by atoms with E-state index in [1.165, 1.54) is 15.7 Å². The summed E-state index contributed by atoms with van der Waals surface area (Å²) in [5.41, 5.74) is -2.78. The summed E-state index contributed by atoms with van der Waals surface area (Å²) in [5, 5.41) is 13.7. The number of aliphatic hydroxyl groups is 1. The number of nitrogens with zero attached hydrogens (tertiary/aromatic N) is 3. The molecule has 1 saturated carbocycles. The van der Waals surface area contributed by atoms with Gasteiger partial charge in [-0.25, -0.2) is 9.59 Å². The van der Waals surface area contributed by atoms with Crippen LogP contribution in [-0.4, -0.2) is 73.1 Å². The molecule has 33 heavy (non-hydrogen) atoms. The molecule has 2 aliphatic heterocycles. The van der Waals surface area contributed by atoms with Crippen molar-refractivity contribution in [3.05, 3.63) is 32.6 Å². The molecule has 0 aromatic carbocycles. The summed E-state index contributed by atoms with van der Waals surface area (Å²) in [7, 11) is 0. The highest BCUT2D eigenvalue weighted by Crippen LogP contribution is 2.35. The van der Waals surface area contributed by atoms with Gasteiger partial charge in [-0.1, -0.05) is 12.8 Å². The van der Waals surface area contributed by atoms with Gasteiger partial charge in [0, 0.05) is 37.8 Å². The van der Waals surface area contributed by atoms with Gasteiger partial charge in [-0.3, -0.25) is 28.8 Å². The number of rotatable bonds is 5. The number of urea groups is 1. The first-order valence-electron chi connectivity index (χ1n) is 11.5. The van der Waals surface area contributed by atoms with Gasteiger partial charge in [0.2, 0.25) is 5.91 Å². The minimum absolute atomic E-state index is 0.115. The number of carbonyl (C=O) groups excluding carboxylic acids is 3. The maximum atomic E-state index is 12.9. The van der Waals surface area contributed by atoms with Crippen LogP contribution in [0.5, 0.6) is 0 Å². The molecule has 3 N–H and O–H groups in total. The van der Waals surface area contributed by atoms with Crippen LogP contribution in [0.15, 0.2) is 15.8 Å². The van der Waals surface area contributed by atoms with Crippen molar-refractivity contribution in [1.29, 1.82) is 0 Å². The second-order valence-corrected chi connectivity index (χ2v) is 9.72. The van der Waals surface area contributed by atoms with Gasteiger partial charge in [-0.05, 0) is 39.5 Å². The Morgan fingerprint density at radius 1 is 1.18 bits per heavy atom. The highest BCUT2D eigenvalue weighted by molar-refractivity contribution is 6.07. The zero-order chi connectivity index (χ0) is 24.0. The van der Waals surface area contributed by atoms with Crippen LogP contribution >= 0.6 is 0 Å². The van der Waals surface area contributed by atoms with Crippen molar-refractivity contribution in [2.45, 2.75) is 76.0 Å². The first-order valence-corrected chi connectivity index (χ1v) is 11.5. The fraction of sp³-hybridized carbons (Fsp3) is 0.682. The number of imide groups is 1. The average molecular weight is 462 g/mol. The molecule has 4 rings (SSSR count). The Bertz CT molecular complexity index is 1080. The Kier molecular flexibility index (Phi) is 5.94. The monoisotopic (exact) mass is 461 g/mol. The zero-order valence-corrected chi connectivity index (χ0v) is 19.1. The Morgan fingerprint density at radius 3 is 2.58 bits per heavy atom. The van der Waals surface area contributed by atoms with Crippen molar-refractivity contribution >= 4 is 17.8 Å². The molecule has 3 fully saturated rings. The van der Waals surface area contributed by atoms with E-state index in [2.05, 4.69) is 10.3 Å². The van der Waals surface area contributed by atoms with E-state index in [9.17, 15) is 29.1 Å². The Morgan fingerprint density at radius 2 is 1.88 bits per heavy atom. The Labute approximate surface area is 190 Å². The van der Waals surface area contributed by atoms with Crippen LogP contribution in [0.3, 0.4) is 0 Å². The molecular formula is C22H31N5O6. The van der Waals surface area contributed by atoms with Crippen molar-refractivity contribution in [3.63, 3.8) is 0 Å². The number of aromatic nitrogens is 2. The van der Waals surface area contributed by atoms with Crippen molar-refractivity contribution in [2.24, 2.45) is 0 Å². The SMILES string of the molecule is Cc1cn([C@@H]2CN(C(=O)CCCN3C(=O)NC4(CCCC4)C3=O)CC[C@@]2(C)O)c(=O)[nH]c1=O. The molecular weight excluding hydrogens is 430 g/mol. The second kappa shape index (κ2) is 8.44. The highest BCUT2D eigenvalue weighted by Gasteiger charge is 2.52. The first-order chi connectivity index (χ1) is 15.5. The van der Waals surface area contributed by atoms with Crippen LogP contribution in [0.25, 0.3) is 0 Å². The molecule has 4 amide bonds. The maximum absolute atomic E-state index is 12.9. The van der Waals surface area contributed by atoms with E-state index in [4.69, 9.17) is 0 Å². The largest absolute Gasteiger partial charge is 0.388 e. The highest BCUT2D eigenvalue weighted by atomic mass is 16.3. The summed E-state index contributed by atoms with van der Waals surface area (Å²) in [5.74, 6) is -0.369. The quantitative estimate of drug-likeness (QED) is 0.527. The van der Waals surface area contributed by atoms with Gasteiger partial charge >= 0.3 is 11.7 Å². The van der Waals surface area contributed by atoms with Crippen molar-refractivity contribution < 1.29 is 19.5 Å². The molecule has 2 atom stereocenters. The number of nitrogens with one attached hydrogen (secondary N) is 2. The van der Waals surface area contributed by atoms with Gasteiger partial charge in [0.15, 0.2) is 0 Å². The molecule has 1 aromatic rings. The summed E-state index contributed by atoms with van der Waals surface area (Å²) in [4.78, 5) is 67.0. The van der Waals surface area contributed by atoms with Gasteiger partial charge in [-0.2, -0.15) is 0 Å². The van der Waals surface area contributed by atoms with Crippen molar-refractivity contribution in [3.8, 4) is 0 Å². The lowest BCUT2D eigenvalue weighted by Crippen LogP contribution is -2.55. The van der Waals surface area contributed by atoms with Gasteiger partial charge in [0.1, 0.15) is 5.54 Å². The topological polar surface area (TPSA) is 145 Å². The van der Waals surface area contributed by atoms with E-state index in [1.807, 2.05) is 0 Å². The molecule has 11 heteroatoms. The van der Waals surface area contributed by atoms with E-state index in [0.29, 0.717) is 31.4 Å². The molecule has 2 saturated heterocycles. The van der Waals surface area contributed by atoms with Crippen LogP contribution < -0.4 is 16.6 Å². The van der Waals surface area contributed by atoms with Gasteiger partial charge in [0.05, 0.1) is 11.6 Å². The molecule has 11 nitrogen and oxygen atoms in total. The summed E-state index contributed by atoms with van der Waals surface area (Å²) in [6.45, 7) is 3.80. The third-order valence-corrected chi connectivity index (χ3v) is 7.31. The number of aryl methyl sites for hydroxylation is 1. The standard InChI is InChI=1S/C22H31N5O6/c1-14-12-27(19(31)23-17(14)29)15-13-25(11-9-21(15,2)33)16(28)6-5-10-26-18(30)22(24-20(26)32)7-3-4-8-22/h12,15,33H,3-11,13H2,1-2H3,(H,24,32)(H,23,29,31)/t15-,21-/m1/s1. The number of piperidine rings is 1. The number of carbonyl (C=O) groups is 3. The number of H-pyrrole nitrogens is 1. The van der Waals surface area contributed by atoms with Crippen LogP contribution in [0, 0.1) is 6.92 Å². The van der Waals surface area contributed by atoms with Gasteiger partial charge < -0.3 is 15.3 Å². The molecule has 1 aromatic heterocycles. The minimum atomic E-state index is -1.24. The number of hydrogen-bond acceptors (Lipinski definition) is 6. The third-order valence-electron chi connectivity index (χ3n) is 7.31. The van der Waals surface area contributed by atoms with E-state index in [0.717, 1.165) is 12.8 Å². The number of amides is 4. The fourth-order valence-electron chi connectivity index (χ4n) is 5.20. The smallest absolute Gasteiger partial charge is 0.328 e. The van der Waals surface area contributed by atoms with Crippen LogP contribution in [-0.2, 0) is 9.59 Å². The third kappa shape index (κ3) is 4.21. The second-order valence-electron chi connectivity index (χ2n) is 9.72. The molecule has 0 radical (unpaired) electrons. The lowest BCUT2D eigenvalue weighted by Gasteiger charge is -2.43. The van der Waals surface area contributed by atoms with Crippen molar-refractivity contribution in [2.75, 3.05) is 19.6 Å². The van der Waals surface area contributed by atoms with Crippen LogP contribution in [0.2, 0.25) is 0 Å². The van der Waals surface area contributed by atoms with Crippen LogP contribution in [0.1, 0.15) is 63.5 Å². The average Bonchev–Trinajstić information content (AvgIpc) is 3.31. The Hall–Kier alpha value is -2.95. The van der Waals surface area contributed by atoms with Gasteiger partial charge in [-0.15, -0.1) is 0 Å². The minimum Gasteiger partial charge on any atom is -0.388 e. The molecule has 3 heterocycles. The summed E-state index contributed by atoms with van der Waals surface area (Å²) in [6, 6.07) is -1.11. The van der Waals surface area contributed by atoms with E-state index in [1.54, 1.807) is 18.7 Å². The fourth-order valence-corrected chi connectivity index (χ4v) is 5.20. The van der Waals surface area contributed by atoms with Crippen LogP contribution in [0.4, 0.5) is 4.79 Å². The molecule has 180 valence electrons. The predicted molar refractivity (Wildman–Crippen MR) is 118 cm³/mol. The van der Waals surface area contributed by atoms with E-state index in [-0.39, 0.29) is 37.7 Å². The van der Waals surface area contributed by atoms with E-state index >= 15 is 0 Å².